The highest BCUT2D eigenvalue weighted by Crippen LogP contribution is 2.63. The first kappa shape index (κ1) is 26.9. The number of nitriles is 2. The first-order chi connectivity index (χ1) is 23.2. The predicted octanol–water partition coefficient (Wildman–Crippen LogP) is 10.8. The fraction of sp³-hybridized carbons (Fsp3) is 0.0222. The molecule has 9 rings (SSSR count). The van der Waals surface area contributed by atoms with E-state index in [0.717, 1.165) is 44.5 Å². The summed E-state index contributed by atoms with van der Waals surface area (Å²) in [6.07, 6.45) is 0. The Morgan fingerprint density at radius 2 is 0.830 bits per heavy atom. The van der Waals surface area contributed by atoms with Crippen LogP contribution in [0.15, 0.2) is 158 Å². The lowest BCUT2D eigenvalue weighted by molar-refractivity contribution is 0.793. The highest BCUT2D eigenvalue weighted by atomic mass is 14.5. The van der Waals surface area contributed by atoms with Gasteiger partial charge in [0.05, 0.1) is 22.6 Å². The topological polar surface area (TPSA) is 47.6 Å². The molecule has 2 aliphatic carbocycles. The van der Waals surface area contributed by atoms with Gasteiger partial charge in [-0.15, -0.1) is 0 Å². The Morgan fingerprint density at radius 3 is 1.38 bits per heavy atom. The lowest BCUT2D eigenvalue weighted by atomic mass is 9.70. The fourth-order valence-electron chi connectivity index (χ4n) is 8.01. The number of rotatable bonds is 3. The maximum Gasteiger partial charge on any atom is 0.100 e. The molecule has 0 heterocycles. The van der Waals surface area contributed by atoms with E-state index >= 15 is 0 Å². The largest absolute Gasteiger partial charge is 0.192 e. The van der Waals surface area contributed by atoms with Gasteiger partial charge in [-0.25, -0.2) is 0 Å². The molecule has 0 aliphatic heterocycles. The van der Waals surface area contributed by atoms with Crippen LogP contribution in [-0.4, -0.2) is 0 Å². The zero-order valence-corrected chi connectivity index (χ0v) is 25.4. The van der Waals surface area contributed by atoms with Crippen LogP contribution in [0.4, 0.5) is 0 Å². The molecular weight excluding hydrogens is 569 g/mol. The summed E-state index contributed by atoms with van der Waals surface area (Å²) in [6, 6.07) is 60.0. The van der Waals surface area contributed by atoms with Crippen molar-refractivity contribution in [1.82, 2.24) is 0 Å². The van der Waals surface area contributed by atoms with Crippen molar-refractivity contribution in [1.29, 1.82) is 10.5 Å². The highest BCUT2D eigenvalue weighted by Gasteiger charge is 2.51. The lowest BCUT2D eigenvalue weighted by Gasteiger charge is -2.31. The molecule has 0 bridgehead atoms. The quantitative estimate of drug-likeness (QED) is 0.204. The molecule has 0 amide bonds. The minimum atomic E-state index is -0.558. The van der Waals surface area contributed by atoms with Crippen LogP contribution in [0, 0.1) is 22.7 Å². The summed E-state index contributed by atoms with van der Waals surface area (Å²) in [4.78, 5) is 0. The second-order valence-electron chi connectivity index (χ2n) is 12.3. The van der Waals surface area contributed by atoms with Crippen LogP contribution in [0.25, 0.3) is 55.6 Å². The first-order valence-corrected chi connectivity index (χ1v) is 15.8. The van der Waals surface area contributed by atoms with E-state index in [2.05, 4.69) is 127 Å². The van der Waals surface area contributed by atoms with Gasteiger partial charge in [-0.3, -0.25) is 0 Å². The monoisotopic (exact) mass is 594 g/mol. The Labute approximate surface area is 274 Å². The molecule has 0 N–H and O–H groups in total. The Balaban J connectivity index is 1.36. The lowest BCUT2D eigenvalue weighted by Crippen LogP contribution is -2.26. The Hall–Kier alpha value is -6.48. The summed E-state index contributed by atoms with van der Waals surface area (Å²) in [6.45, 7) is 0. The number of hydrogen-bond donors (Lipinski definition) is 0. The van der Waals surface area contributed by atoms with Gasteiger partial charge in [-0.1, -0.05) is 127 Å². The standard InChI is InChI=1S/C45H26N2/c46-27-29-19-21-36-37-22-20-32(26-44(37)45(43(36)23-29)41-17-9-7-15-34(41)35-16-8-10-18-42(35)45)33-24-38(30-11-3-1-4-12-30)40(28-47)39(25-33)31-13-5-2-6-14-31/h1-26H. The van der Waals surface area contributed by atoms with Gasteiger partial charge in [0.2, 0.25) is 0 Å². The van der Waals surface area contributed by atoms with Crippen molar-refractivity contribution in [2.45, 2.75) is 5.41 Å². The third-order valence-corrected chi connectivity index (χ3v) is 9.97. The van der Waals surface area contributed by atoms with Gasteiger partial charge in [-0.2, -0.15) is 10.5 Å². The molecule has 2 nitrogen and oxygen atoms in total. The van der Waals surface area contributed by atoms with Crippen molar-refractivity contribution in [3.8, 4) is 67.8 Å². The van der Waals surface area contributed by atoms with Crippen molar-refractivity contribution in [3.63, 3.8) is 0 Å². The van der Waals surface area contributed by atoms with E-state index < -0.39 is 5.41 Å². The van der Waals surface area contributed by atoms with Gasteiger partial charge in [0.15, 0.2) is 0 Å². The average molecular weight is 595 g/mol. The number of nitrogens with zero attached hydrogens (tertiary/aromatic N) is 2. The van der Waals surface area contributed by atoms with Crippen molar-refractivity contribution in [3.05, 3.63) is 191 Å². The minimum Gasteiger partial charge on any atom is -0.192 e. The second-order valence-corrected chi connectivity index (χ2v) is 12.3. The van der Waals surface area contributed by atoms with Gasteiger partial charge >= 0.3 is 0 Å². The zero-order valence-electron chi connectivity index (χ0n) is 25.4. The molecule has 47 heavy (non-hydrogen) atoms. The maximum atomic E-state index is 10.5. The van der Waals surface area contributed by atoms with E-state index in [9.17, 15) is 10.5 Å². The van der Waals surface area contributed by atoms with Crippen molar-refractivity contribution in [2.24, 2.45) is 0 Å². The van der Waals surface area contributed by atoms with Crippen LogP contribution in [0.3, 0.4) is 0 Å². The number of fused-ring (bicyclic) bond motifs is 10. The summed E-state index contributed by atoms with van der Waals surface area (Å²) in [5.74, 6) is 0. The zero-order chi connectivity index (χ0) is 31.5. The molecule has 0 unspecified atom stereocenters. The van der Waals surface area contributed by atoms with E-state index in [4.69, 9.17) is 0 Å². The summed E-state index contributed by atoms with van der Waals surface area (Å²) in [7, 11) is 0. The molecule has 2 heteroatoms. The molecule has 0 fully saturated rings. The maximum absolute atomic E-state index is 10.5. The normalized spacial score (nSPS) is 12.8. The molecule has 2 aliphatic rings. The SMILES string of the molecule is N#Cc1ccc2c(c1)C1(c3ccccc3-c3ccccc31)c1cc(-c3cc(-c4ccccc4)c(C#N)c(-c4ccccc4)c3)ccc1-2. The number of benzene rings is 7. The smallest absolute Gasteiger partial charge is 0.100 e. The molecule has 7 aromatic rings. The second kappa shape index (κ2) is 10.3. The highest BCUT2D eigenvalue weighted by molar-refractivity contribution is 5.97. The first-order valence-electron chi connectivity index (χ1n) is 15.8. The number of hydrogen-bond acceptors (Lipinski definition) is 2. The van der Waals surface area contributed by atoms with Crippen LogP contribution < -0.4 is 0 Å². The van der Waals surface area contributed by atoms with E-state index in [1.54, 1.807) is 0 Å². The molecule has 0 radical (unpaired) electrons. The van der Waals surface area contributed by atoms with Crippen LogP contribution >= 0.6 is 0 Å². The van der Waals surface area contributed by atoms with E-state index in [0.29, 0.717) is 11.1 Å². The Kier molecular flexibility index (Phi) is 5.88. The van der Waals surface area contributed by atoms with Crippen molar-refractivity contribution in [2.75, 3.05) is 0 Å². The van der Waals surface area contributed by atoms with Crippen molar-refractivity contribution >= 4 is 0 Å². The Bertz CT molecular complexity index is 2370. The Morgan fingerprint density at radius 1 is 0.340 bits per heavy atom. The third kappa shape index (κ3) is 3.77. The third-order valence-electron chi connectivity index (χ3n) is 9.97. The summed E-state index contributed by atoms with van der Waals surface area (Å²) >= 11 is 0. The fourth-order valence-corrected chi connectivity index (χ4v) is 8.01. The van der Waals surface area contributed by atoms with Crippen LogP contribution in [0.1, 0.15) is 33.4 Å². The summed E-state index contributed by atoms with van der Waals surface area (Å²) in [5.41, 5.74) is 16.4. The molecule has 0 atom stereocenters. The molecule has 0 saturated heterocycles. The molecule has 7 aromatic carbocycles. The summed E-state index contributed by atoms with van der Waals surface area (Å²) in [5, 5.41) is 20.5. The molecule has 216 valence electrons. The van der Waals surface area contributed by atoms with Gasteiger partial charge in [0, 0.05) is 11.1 Å². The average Bonchev–Trinajstić information content (AvgIpc) is 3.61. The molecule has 1 spiro atoms. The molecule has 0 aromatic heterocycles. The predicted molar refractivity (Wildman–Crippen MR) is 188 cm³/mol. The van der Waals surface area contributed by atoms with Crippen LogP contribution in [-0.2, 0) is 5.41 Å². The van der Waals surface area contributed by atoms with E-state index in [1.807, 2.05) is 42.5 Å². The summed E-state index contributed by atoms with van der Waals surface area (Å²) < 4.78 is 0. The van der Waals surface area contributed by atoms with E-state index in [1.165, 1.54) is 33.4 Å². The van der Waals surface area contributed by atoms with Crippen LogP contribution in [0.5, 0.6) is 0 Å². The van der Waals surface area contributed by atoms with Crippen molar-refractivity contribution < 1.29 is 0 Å². The molecular formula is C45H26N2. The molecule has 0 saturated carbocycles. The van der Waals surface area contributed by atoms with E-state index in [-0.39, 0.29) is 0 Å². The van der Waals surface area contributed by atoms with Gasteiger partial charge in [0.25, 0.3) is 0 Å². The van der Waals surface area contributed by atoms with Gasteiger partial charge in [0.1, 0.15) is 6.07 Å². The van der Waals surface area contributed by atoms with Gasteiger partial charge < -0.3 is 0 Å². The van der Waals surface area contributed by atoms with Gasteiger partial charge in [-0.05, 0) is 97.1 Å². The van der Waals surface area contributed by atoms with Crippen LogP contribution in [0.2, 0.25) is 0 Å². The minimum absolute atomic E-state index is 0.558.